The SMILES string of the molecule is Cc1ccc(C(NC(=O)c2ccc(=O)n(CCOc3ccccc3)n2)c2ccccc2)cc1. The van der Waals surface area contributed by atoms with E-state index in [1.807, 2.05) is 91.9 Å². The number of aromatic nitrogens is 2. The van der Waals surface area contributed by atoms with Crippen LogP contribution >= 0.6 is 0 Å². The van der Waals surface area contributed by atoms with Gasteiger partial charge >= 0.3 is 0 Å². The molecular weight excluding hydrogens is 414 g/mol. The average Bonchev–Trinajstić information content (AvgIpc) is 2.85. The zero-order chi connectivity index (χ0) is 23.0. The van der Waals surface area contributed by atoms with Gasteiger partial charge in [-0.1, -0.05) is 78.4 Å². The molecule has 4 aromatic rings. The highest BCUT2D eigenvalue weighted by molar-refractivity contribution is 5.92. The number of amides is 1. The van der Waals surface area contributed by atoms with Crippen molar-refractivity contribution in [1.82, 2.24) is 15.1 Å². The lowest BCUT2D eigenvalue weighted by Crippen LogP contribution is -2.33. The summed E-state index contributed by atoms with van der Waals surface area (Å²) in [4.78, 5) is 25.4. The summed E-state index contributed by atoms with van der Waals surface area (Å²) in [5, 5.41) is 7.34. The monoisotopic (exact) mass is 439 g/mol. The second-order valence-corrected chi connectivity index (χ2v) is 7.67. The standard InChI is InChI=1S/C27H25N3O3/c1-20-12-14-22(15-13-20)26(21-8-4-2-5-9-21)28-27(32)24-16-17-25(31)30(29-24)18-19-33-23-10-6-3-7-11-23/h2-17,26H,18-19H2,1H3,(H,28,32). The van der Waals surface area contributed by atoms with Gasteiger partial charge < -0.3 is 10.1 Å². The van der Waals surface area contributed by atoms with Crippen molar-refractivity contribution in [2.45, 2.75) is 19.5 Å². The van der Waals surface area contributed by atoms with Gasteiger partial charge in [0.15, 0.2) is 0 Å². The quantitative estimate of drug-likeness (QED) is 0.448. The molecule has 0 aliphatic rings. The van der Waals surface area contributed by atoms with Crippen LogP contribution in [0.4, 0.5) is 0 Å². The number of hydrogen-bond acceptors (Lipinski definition) is 4. The molecule has 0 spiro atoms. The van der Waals surface area contributed by atoms with E-state index in [0.29, 0.717) is 5.75 Å². The summed E-state index contributed by atoms with van der Waals surface area (Å²) in [6.07, 6.45) is 0. The van der Waals surface area contributed by atoms with E-state index >= 15 is 0 Å². The fourth-order valence-electron chi connectivity index (χ4n) is 3.47. The molecule has 33 heavy (non-hydrogen) atoms. The number of ether oxygens (including phenoxy) is 1. The van der Waals surface area contributed by atoms with Crippen molar-refractivity contribution in [3.05, 3.63) is 130 Å². The first-order chi connectivity index (χ1) is 16.1. The van der Waals surface area contributed by atoms with Gasteiger partial charge in [0, 0.05) is 6.07 Å². The molecule has 0 saturated heterocycles. The van der Waals surface area contributed by atoms with E-state index in [1.54, 1.807) is 0 Å². The Morgan fingerprint density at radius 1 is 0.879 bits per heavy atom. The summed E-state index contributed by atoms with van der Waals surface area (Å²) in [5.74, 6) is 0.352. The van der Waals surface area contributed by atoms with Gasteiger partial charge in [0.2, 0.25) is 0 Å². The molecule has 6 nitrogen and oxygen atoms in total. The Labute approximate surface area is 192 Å². The number of hydrogen-bond donors (Lipinski definition) is 1. The lowest BCUT2D eigenvalue weighted by atomic mass is 9.97. The third-order valence-electron chi connectivity index (χ3n) is 5.23. The van der Waals surface area contributed by atoms with E-state index in [9.17, 15) is 9.59 Å². The van der Waals surface area contributed by atoms with Crippen LogP contribution in [0.3, 0.4) is 0 Å². The normalized spacial score (nSPS) is 11.5. The summed E-state index contributed by atoms with van der Waals surface area (Å²) in [5.41, 5.74) is 2.94. The molecule has 0 aliphatic carbocycles. The molecule has 3 aromatic carbocycles. The molecule has 166 valence electrons. The van der Waals surface area contributed by atoms with Crippen molar-refractivity contribution in [1.29, 1.82) is 0 Å². The van der Waals surface area contributed by atoms with Gasteiger partial charge in [-0.2, -0.15) is 5.10 Å². The molecule has 6 heteroatoms. The summed E-state index contributed by atoms with van der Waals surface area (Å²) < 4.78 is 6.91. The van der Waals surface area contributed by atoms with Gasteiger partial charge in [-0.3, -0.25) is 9.59 Å². The number of para-hydroxylation sites is 1. The third kappa shape index (κ3) is 5.74. The van der Waals surface area contributed by atoms with E-state index in [1.165, 1.54) is 16.8 Å². The van der Waals surface area contributed by atoms with E-state index in [2.05, 4.69) is 10.4 Å². The number of carbonyl (C=O) groups is 1. The molecular formula is C27H25N3O3. The van der Waals surface area contributed by atoms with Crippen molar-refractivity contribution < 1.29 is 9.53 Å². The molecule has 1 unspecified atom stereocenters. The largest absolute Gasteiger partial charge is 0.492 e. The molecule has 1 amide bonds. The van der Waals surface area contributed by atoms with Gasteiger partial charge in [0.05, 0.1) is 12.6 Å². The Bertz CT molecular complexity index is 1250. The van der Waals surface area contributed by atoms with Crippen LogP contribution in [0.25, 0.3) is 0 Å². The van der Waals surface area contributed by atoms with Crippen LogP contribution in [-0.4, -0.2) is 22.3 Å². The Kier molecular flexibility index (Phi) is 6.95. The molecule has 0 radical (unpaired) electrons. The van der Waals surface area contributed by atoms with Crippen LogP contribution in [0.2, 0.25) is 0 Å². The molecule has 0 saturated carbocycles. The predicted octanol–water partition coefficient (Wildman–Crippen LogP) is 4.15. The van der Waals surface area contributed by atoms with Crippen LogP contribution in [0.5, 0.6) is 5.75 Å². The third-order valence-corrected chi connectivity index (χ3v) is 5.23. The highest BCUT2D eigenvalue weighted by Gasteiger charge is 2.19. The molecule has 0 aliphatic heterocycles. The first-order valence-electron chi connectivity index (χ1n) is 10.8. The molecule has 1 aromatic heterocycles. The highest BCUT2D eigenvalue weighted by Crippen LogP contribution is 2.22. The Morgan fingerprint density at radius 2 is 1.52 bits per heavy atom. The van der Waals surface area contributed by atoms with E-state index in [4.69, 9.17) is 4.74 Å². The number of benzene rings is 3. The average molecular weight is 440 g/mol. The lowest BCUT2D eigenvalue weighted by Gasteiger charge is -2.20. The van der Waals surface area contributed by atoms with Crippen LogP contribution in [0.1, 0.15) is 33.2 Å². The minimum atomic E-state index is -0.359. The Hall–Kier alpha value is -4.19. The number of carbonyl (C=O) groups excluding carboxylic acids is 1. The zero-order valence-corrected chi connectivity index (χ0v) is 18.3. The molecule has 1 N–H and O–H groups in total. The van der Waals surface area contributed by atoms with Crippen molar-refractivity contribution in [3.8, 4) is 5.75 Å². The Balaban J connectivity index is 1.51. The number of rotatable bonds is 8. The number of nitrogens with one attached hydrogen (secondary N) is 1. The minimum absolute atomic E-state index is 0.169. The van der Waals surface area contributed by atoms with Crippen LogP contribution in [-0.2, 0) is 6.54 Å². The Morgan fingerprint density at radius 3 is 2.21 bits per heavy atom. The summed E-state index contributed by atoms with van der Waals surface area (Å²) in [7, 11) is 0. The highest BCUT2D eigenvalue weighted by atomic mass is 16.5. The maximum Gasteiger partial charge on any atom is 0.272 e. The fourth-order valence-corrected chi connectivity index (χ4v) is 3.47. The van der Waals surface area contributed by atoms with Crippen LogP contribution in [0, 0.1) is 6.92 Å². The predicted molar refractivity (Wildman–Crippen MR) is 127 cm³/mol. The van der Waals surface area contributed by atoms with Gasteiger partial charge in [-0.05, 0) is 36.2 Å². The molecule has 0 fully saturated rings. The first kappa shape index (κ1) is 22.0. The van der Waals surface area contributed by atoms with Gasteiger partial charge in [-0.15, -0.1) is 0 Å². The molecule has 4 rings (SSSR count). The molecule has 1 atom stereocenters. The van der Waals surface area contributed by atoms with E-state index < -0.39 is 0 Å². The van der Waals surface area contributed by atoms with Gasteiger partial charge in [0.1, 0.15) is 18.1 Å². The van der Waals surface area contributed by atoms with E-state index in [-0.39, 0.29) is 36.4 Å². The zero-order valence-electron chi connectivity index (χ0n) is 18.3. The van der Waals surface area contributed by atoms with Crippen molar-refractivity contribution in [3.63, 3.8) is 0 Å². The maximum absolute atomic E-state index is 13.1. The van der Waals surface area contributed by atoms with Crippen LogP contribution in [0.15, 0.2) is 102 Å². The smallest absolute Gasteiger partial charge is 0.272 e. The second kappa shape index (κ2) is 10.4. The number of nitrogens with zero attached hydrogens (tertiary/aromatic N) is 2. The summed E-state index contributed by atoms with van der Waals surface area (Å²) in [6, 6.07) is 29.6. The van der Waals surface area contributed by atoms with Crippen molar-refractivity contribution in [2.24, 2.45) is 0 Å². The van der Waals surface area contributed by atoms with Crippen molar-refractivity contribution >= 4 is 5.91 Å². The topological polar surface area (TPSA) is 73.2 Å². The van der Waals surface area contributed by atoms with Gasteiger partial charge in [-0.25, -0.2) is 4.68 Å². The molecule has 1 heterocycles. The number of aryl methyl sites for hydroxylation is 1. The van der Waals surface area contributed by atoms with Crippen molar-refractivity contribution in [2.75, 3.05) is 6.61 Å². The summed E-state index contributed by atoms with van der Waals surface area (Å²) >= 11 is 0. The van der Waals surface area contributed by atoms with Gasteiger partial charge in [0.25, 0.3) is 11.5 Å². The second-order valence-electron chi connectivity index (χ2n) is 7.67. The fraction of sp³-hybridized carbons (Fsp3) is 0.148. The van der Waals surface area contributed by atoms with Crippen LogP contribution < -0.4 is 15.6 Å². The minimum Gasteiger partial charge on any atom is -0.492 e. The van der Waals surface area contributed by atoms with E-state index in [0.717, 1.165) is 16.7 Å². The summed E-state index contributed by atoms with van der Waals surface area (Å²) in [6.45, 7) is 2.52. The lowest BCUT2D eigenvalue weighted by molar-refractivity contribution is 0.0935. The molecule has 0 bridgehead atoms. The maximum atomic E-state index is 13.1. The first-order valence-corrected chi connectivity index (χ1v) is 10.8.